The highest BCUT2D eigenvalue weighted by Crippen LogP contribution is 2.21. The number of nitrogens with zero attached hydrogens (tertiary/aromatic N) is 1. The number of fused-ring (bicyclic) bond motifs is 1. The summed E-state index contributed by atoms with van der Waals surface area (Å²) in [4.78, 5) is 0. The molecule has 0 aliphatic carbocycles. The van der Waals surface area contributed by atoms with Crippen molar-refractivity contribution in [3.8, 4) is 5.75 Å². The first-order valence-electron chi connectivity index (χ1n) is 6.35. The molecule has 3 rings (SSSR count). The van der Waals surface area contributed by atoms with Crippen LogP contribution in [0.3, 0.4) is 0 Å². The third-order valence-electron chi connectivity index (χ3n) is 3.13. The molecule has 0 unspecified atom stereocenters. The average molecular weight is 395 g/mol. The SMILES string of the molecule is Brc1cccc(OCCn2ccc3ccc(Br)cc32)c1. The first kappa shape index (κ1) is 13.7. The highest BCUT2D eigenvalue weighted by Gasteiger charge is 2.02. The Labute approximate surface area is 134 Å². The predicted molar refractivity (Wildman–Crippen MR) is 89.3 cm³/mol. The van der Waals surface area contributed by atoms with Gasteiger partial charge in [0.25, 0.3) is 0 Å². The molecule has 0 aliphatic rings. The number of aromatic nitrogens is 1. The molecule has 0 N–H and O–H groups in total. The Balaban J connectivity index is 1.69. The van der Waals surface area contributed by atoms with E-state index in [2.05, 4.69) is 66.9 Å². The average Bonchev–Trinajstić information content (AvgIpc) is 2.82. The zero-order valence-corrected chi connectivity index (χ0v) is 13.9. The lowest BCUT2D eigenvalue weighted by atomic mass is 10.2. The Morgan fingerprint density at radius 2 is 1.80 bits per heavy atom. The van der Waals surface area contributed by atoms with Crippen LogP contribution in [-0.2, 0) is 6.54 Å². The predicted octanol–water partition coefficient (Wildman–Crippen LogP) is 5.25. The Morgan fingerprint density at radius 1 is 0.950 bits per heavy atom. The molecule has 102 valence electrons. The molecular weight excluding hydrogens is 382 g/mol. The number of rotatable bonds is 4. The second-order valence-electron chi connectivity index (χ2n) is 4.52. The minimum atomic E-state index is 0.646. The molecular formula is C16H13Br2NO. The van der Waals surface area contributed by atoms with Crippen molar-refractivity contribution >= 4 is 42.8 Å². The fraction of sp³-hybridized carbons (Fsp3) is 0.125. The van der Waals surface area contributed by atoms with Gasteiger partial charge in [-0.3, -0.25) is 0 Å². The molecule has 0 atom stereocenters. The molecule has 3 aromatic rings. The maximum atomic E-state index is 5.78. The summed E-state index contributed by atoms with van der Waals surface area (Å²) in [6.45, 7) is 1.47. The summed E-state index contributed by atoms with van der Waals surface area (Å²) in [6.07, 6.45) is 2.10. The normalized spacial score (nSPS) is 10.9. The number of ether oxygens (including phenoxy) is 1. The van der Waals surface area contributed by atoms with Crippen LogP contribution in [-0.4, -0.2) is 11.2 Å². The van der Waals surface area contributed by atoms with E-state index in [1.807, 2.05) is 24.3 Å². The van der Waals surface area contributed by atoms with Crippen LogP contribution >= 0.6 is 31.9 Å². The van der Waals surface area contributed by atoms with E-state index in [1.54, 1.807) is 0 Å². The van der Waals surface area contributed by atoms with E-state index in [0.717, 1.165) is 21.2 Å². The first-order valence-corrected chi connectivity index (χ1v) is 7.94. The number of benzene rings is 2. The van der Waals surface area contributed by atoms with Crippen LogP contribution in [0.2, 0.25) is 0 Å². The summed E-state index contributed by atoms with van der Waals surface area (Å²) in [5.74, 6) is 0.886. The molecule has 0 saturated heterocycles. The Bertz CT molecular complexity index is 736. The summed E-state index contributed by atoms with van der Waals surface area (Å²) in [5.41, 5.74) is 1.22. The second kappa shape index (κ2) is 6.02. The molecule has 0 spiro atoms. The summed E-state index contributed by atoms with van der Waals surface area (Å²) < 4.78 is 10.1. The van der Waals surface area contributed by atoms with Crippen LogP contribution in [0.4, 0.5) is 0 Å². The quantitative estimate of drug-likeness (QED) is 0.589. The van der Waals surface area contributed by atoms with Crippen LogP contribution in [0.25, 0.3) is 10.9 Å². The summed E-state index contributed by atoms with van der Waals surface area (Å²) >= 11 is 6.96. The van der Waals surface area contributed by atoms with E-state index in [-0.39, 0.29) is 0 Å². The van der Waals surface area contributed by atoms with Gasteiger partial charge in [-0.1, -0.05) is 44.0 Å². The Hall–Kier alpha value is -1.26. The third-order valence-corrected chi connectivity index (χ3v) is 4.12. The molecule has 0 aliphatic heterocycles. The van der Waals surface area contributed by atoms with Crippen LogP contribution in [0.5, 0.6) is 5.75 Å². The smallest absolute Gasteiger partial charge is 0.120 e. The monoisotopic (exact) mass is 393 g/mol. The highest BCUT2D eigenvalue weighted by molar-refractivity contribution is 9.10. The van der Waals surface area contributed by atoms with Crippen molar-refractivity contribution in [2.24, 2.45) is 0 Å². The van der Waals surface area contributed by atoms with E-state index in [1.165, 1.54) is 10.9 Å². The van der Waals surface area contributed by atoms with E-state index in [0.29, 0.717) is 6.61 Å². The Kier molecular flexibility index (Phi) is 4.13. The van der Waals surface area contributed by atoms with Crippen LogP contribution in [0, 0.1) is 0 Å². The zero-order valence-electron chi connectivity index (χ0n) is 10.7. The summed E-state index contributed by atoms with van der Waals surface area (Å²) in [6, 6.07) is 16.3. The second-order valence-corrected chi connectivity index (χ2v) is 6.35. The van der Waals surface area contributed by atoms with Crippen molar-refractivity contribution < 1.29 is 4.74 Å². The molecule has 20 heavy (non-hydrogen) atoms. The van der Waals surface area contributed by atoms with E-state index >= 15 is 0 Å². The van der Waals surface area contributed by atoms with Crippen molar-refractivity contribution in [1.29, 1.82) is 0 Å². The standard InChI is InChI=1S/C16H13Br2NO/c17-13-2-1-3-15(10-13)20-9-8-19-7-6-12-4-5-14(18)11-16(12)19/h1-7,10-11H,8-9H2. The molecule has 0 saturated carbocycles. The van der Waals surface area contributed by atoms with Crippen molar-refractivity contribution in [3.05, 3.63) is 63.7 Å². The van der Waals surface area contributed by atoms with Gasteiger partial charge in [0.05, 0.1) is 6.54 Å². The molecule has 4 heteroatoms. The minimum absolute atomic E-state index is 0.646. The van der Waals surface area contributed by atoms with Crippen LogP contribution in [0.15, 0.2) is 63.7 Å². The lowest BCUT2D eigenvalue weighted by molar-refractivity contribution is 0.300. The summed E-state index contributed by atoms with van der Waals surface area (Å²) in [7, 11) is 0. The largest absolute Gasteiger partial charge is 0.492 e. The van der Waals surface area contributed by atoms with Gasteiger partial charge in [0, 0.05) is 20.7 Å². The molecule has 0 fully saturated rings. The van der Waals surface area contributed by atoms with Gasteiger partial charge in [0.15, 0.2) is 0 Å². The third kappa shape index (κ3) is 3.07. The lowest BCUT2D eigenvalue weighted by Crippen LogP contribution is -2.07. The van der Waals surface area contributed by atoms with Crippen molar-refractivity contribution in [1.82, 2.24) is 4.57 Å². The van der Waals surface area contributed by atoms with Crippen LogP contribution < -0.4 is 4.74 Å². The van der Waals surface area contributed by atoms with Crippen molar-refractivity contribution in [2.45, 2.75) is 6.54 Å². The van der Waals surface area contributed by atoms with Gasteiger partial charge in [-0.2, -0.15) is 0 Å². The zero-order chi connectivity index (χ0) is 13.9. The topological polar surface area (TPSA) is 14.2 Å². The number of hydrogen-bond acceptors (Lipinski definition) is 1. The van der Waals surface area contributed by atoms with Gasteiger partial charge in [0.2, 0.25) is 0 Å². The molecule has 0 radical (unpaired) electrons. The Morgan fingerprint density at radius 3 is 2.65 bits per heavy atom. The first-order chi connectivity index (χ1) is 9.72. The van der Waals surface area contributed by atoms with Gasteiger partial charge in [-0.05, 0) is 41.8 Å². The maximum Gasteiger partial charge on any atom is 0.120 e. The van der Waals surface area contributed by atoms with Gasteiger partial charge in [0.1, 0.15) is 12.4 Å². The van der Waals surface area contributed by atoms with Crippen LogP contribution in [0.1, 0.15) is 0 Å². The molecule has 0 bridgehead atoms. The van der Waals surface area contributed by atoms with Gasteiger partial charge in [-0.15, -0.1) is 0 Å². The molecule has 2 aromatic carbocycles. The minimum Gasteiger partial charge on any atom is -0.492 e. The highest BCUT2D eigenvalue weighted by atomic mass is 79.9. The fourth-order valence-electron chi connectivity index (χ4n) is 2.17. The number of hydrogen-bond donors (Lipinski definition) is 0. The van der Waals surface area contributed by atoms with Gasteiger partial charge >= 0.3 is 0 Å². The lowest BCUT2D eigenvalue weighted by Gasteiger charge is -2.08. The van der Waals surface area contributed by atoms with E-state index in [9.17, 15) is 0 Å². The van der Waals surface area contributed by atoms with Crippen molar-refractivity contribution in [2.75, 3.05) is 6.61 Å². The van der Waals surface area contributed by atoms with E-state index < -0.39 is 0 Å². The number of halogens is 2. The van der Waals surface area contributed by atoms with Gasteiger partial charge < -0.3 is 9.30 Å². The molecule has 1 heterocycles. The fourth-order valence-corrected chi connectivity index (χ4v) is 2.90. The van der Waals surface area contributed by atoms with Gasteiger partial charge in [-0.25, -0.2) is 0 Å². The molecule has 1 aromatic heterocycles. The van der Waals surface area contributed by atoms with E-state index in [4.69, 9.17) is 4.74 Å². The molecule has 0 amide bonds. The maximum absolute atomic E-state index is 5.78. The van der Waals surface area contributed by atoms with Crippen molar-refractivity contribution in [3.63, 3.8) is 0 Å². The summed E-state index contributed by atoms with van der Waals surface area (Å²) in [5, 5.41) is 1.25. The molecule has 2 nitrogen and oxygen atoms in total.